The standard InChI is InChI=1S/C21H29FN2O4/c1-21(2,3)20(27)24-12-9-16(10-13-24)19(26)28-14-18(25)23-11-8-15-6-4-5-7-17(15)22/h4-7,16H,8-14H2,1-3H3,(H,23,25). The first-order valence-corrected chi connectivity index (χ1v) is 9.64. The summed E-state index contributed by atoms with van der Waals surface area (Å²) in [5.41, 5.74) is 0.0880. The van der Waals surface area contributed by atoms with Gasteiger partial charge in [0.15, 0.2) is 6.61 Å². The van der Waals surface area contributed by atoms with Crippen molar-refractivity contribution in [3.8, 4) is 0 Å². The minimum Gasteiger partial charge on any atom is -0.455 e. The summed E-state index contributed by atoms with van der Waals surface area (Å²) in [5.74, 6) is -1.35. The molecule has 1 aromatic rings. The van der Waals surface area contributed by atoms with Crippen LogP contribution in [0.5, 0.6) is 0 Å². The van der Waals surface area contributed by atoms with Gasteiger partial charge in [-0.3, -0.25) is 14.4 Å². The quantitative estimate of drug-likeness (QED) is 0.754. The van der Waals surface area contributed by atoms with Crippen LogP contribution < -0.4 is 5.32 Å². The number of piperidine rings is 1. The number of carbonyl (C=O) groups excluding carboxylic acids is 3. The summed E-state index contributed by atoms with van der Waals surface area (Å²) < 4.78 is 18.6. The molecule has 7 heteroatoms. The molecule has 0 saturated carbocycles. The number of nitrogens with one attached hydrogen (secondary N) is 1. The third-order valence-electron chi connectivity index (χ3n) is 4.78. The average Bonchev–Trinajstić information content (AvgIpc) is 2.66. The normalized spacial score (nSPS) is 15.2. The van der Waals surface area contributed by atoms with Gasteiger partial charge in [0.1, 0.15) is 5.82 Å². The number of rotatable bonds is 6. The molecule has 0 spiro atoms. The highest BCUT2D eigenvalue weighted by molar-refractivity contribution is 5.83. The third-order valence-corrected chi connectivity index (χ3v) is 4.78. The highest BCUT2D eigenvalue weighted by Crippen LogP contribution is 2.24. The first kappa shape index (κ1) is 21.9. The van der Waals surface area contributed by atoms with Crippen LogP contribution in [0.3, 0.4) is 0 Å². The Kier molecular flexibility index (Phi) is 7.54. The molecule has 28 heavy (non-hydrogen) atoms. The second kappa shape index (κ2) is 9.66. The lowest BCUT2D eigenvalue weighted by Gasteiger charge is -2.34. The summed E-state index contributed by atoms with van der Waals surface area (Å²) in [7, 11) is 0. The van der Waals surface area contributed by atoms with E-state index < -0.39 is 17.3 Å². The Hall–Kier alpha value is -2.44. The van der Waals surface area contributed by atoms with Gasteiger partial charge < -0.3 is 15.0 Å². The van der Waals surface area contributed by atoms with Crippen molar-refractivity contribution >= 4 is 17.8 Å². The summed E-state index contributed by atoms with van der Waals surface area (Å²) in [4.78, 5) is 38.0. The van der Waals surface area contributed by atoms with E-state index in [-0.39, 0.29) is 30.8 Å². The molecule has 2 amide bonds. The van der Waals surface area contributed by atoms with Crippen molar-refractivity contribution in [3.05, 3.63) is 35.6 Å². The van der Waals surface area contributed by atoms with E-state index in [4.69, 9.17) is 4.74 Å². The monoisotopic (exact) mass is 392 g/mol. The van der Waals surface area contributed by atoms with Gasteiger partial charge in [-0.2, -0.15) is 0 Å². The maximum Gasteiger partial charge on any atom is 0.309 e. The molecule has 0 aromatic heterocycles. The molecule has 2 rings (SSSR count). The van der Waals surface area contributed by atoms with Gasteiger partial charge in [0.25, 0.3) is 5.91 Å². The number of amides is 2. The van der Waals surface area contributed by atoms with Crippen molar-refractivity contribution in [3.63, 3.8) is 0 Å². The van der Waals surface area contributed by atoms with E-state index in [1.54, 1.807) is 23.1 Å². The number of hydrogen-bond acceptors (Lipinski definition) is 4. The zero-order valence-electron chi connectivity index (χ0n) is 16.8. The first-order valence-electron chi connectivity index (χ1n) is 9.64. The highest BCUT2D eigenvalue weighted by atomic mass is 19.1. The molecule has 154 valence electrons. The van der Waals surface area contributed by atoms with Gasteiger partial charge in [-0.15, -0.1) is 0 Å². The minimum absolute atomic E-state index is 0.0774. The molecule has 0 unspecified atom stereocenters. The topological polar surface area (TPSA) is 75.7 Å². The molecule has 1 heterocycles. The van der Waals surface area contributed by atoms with Gasteiger partial charge in [-0.1, -0.05) is 39.0 Å². The van der Waals surface area contributed by atoms with Crippen molar-refractivity contribution in [2.75, 3.05) is 26.2 Å². The van der Waals surface area contributed by atoms with Crippen LogP contribution in [0.2, 0.25) is 0 Å². The van der Waals surface area contributed by atoms with Crippen LogP contribution in [0.4, 0.5) is 4.39 Å². The fourth-order valence-corrected chi connectivity index (χ4v) is 3.14. The second-order valence-electron chi connectivity index (χ2n) is 8.12. The fourth-order valence-electron chi connectivity index (χ4n) is 3.14. The van der Waals surface area contributed by atoms with E-state index in [0.717, 1.165) is 0 Å². The van der Waals surface area contributed by atoms with Crippen molar-refractivity contribution in [1.29, 1.82) is 0 Å². The van der Waals surface area contributed by atoms with Crippen LogP contribution >= 0.6 is 0 Å². The first-order chi connectivity index (χ1) is 13.2. The predicted octanol–water partition coefficient (Wildman–Crippen LogP) is 2.31. The predicted molar refractivity (Wildman–Crippen MR) is 103 cm³/mol. The largest absolute Gasteiger partial charge is 0.455 e. The van der Waals surface area contributed by atoms with E-state index in [9.17, 15) is 18.8 Å². The van der Waals surface area contributed by atoms with Crippen LogP contribution in [0.15, 0.2) is 24.3 Å². The Bertz CT molecular complexity index is 707. The van der Waals surface area contributed by atoms with Gasteiger partial charge in [-0.25, -0.2) is 4.39 Å². The van der Waals surface area contributed by atoms with Crippen LogP contribution in [0, 0.1) is 17.2 Å². The highest BCUT2D eigenvalue weighted by Gasteiger charge is 2.33. The second-order valence-corrected chi connectivity index (χ2v) is 8.12. The summed E-state index contributed by atoms with van der Waals surface area (Å²) in [5, 5.41) is 2.62. The molecule has 0 bridgehead atoms. The van der Waals surface area contributed by atoms with Crippen LogP contribution in [-0.2, 0) is 25.5 Å². The lowest BCUT2D eigenvalue weighted by molar-refractivity contribution is -0.155. The SMILES string of the molecule is CC(C)(C)C(=O)N1CCC(C(=O)OCC(=O)NCCc2ccccc2F)CC1. The average molecular weight is 392 g/mol. The molecule has 6 nitrogen and oxygen atoms in total. The van der Waals surface area contributed by atoms with Crippen molar-refractivity contribution in [2.24, 2.45) is 11.3 Å². The van der Waals surface area contributed by atoms with Crippen molar-refractivity contribution in [2.45, 2.75) is 40.0 Å². The van der Waals surface area contributed by atoms with Crippen LogP contribution in [0.25, 0.3) is 0 Å². The van der Waals surface area contributed by atoms with Gasteiger partial charge in [0.05, 0.1) is 5.92 Å². The van der Waals surface area contributed by atoms with E-state index in [1.165, 1.54) is 6.07 Å². The van der Waals surface area contributed by atoms with Crippen molar-refractivity contribution in [1.82, 2.24) is 10.2 Å². The summed E-state index contributed by atoms with van der Waals surface area (Å²) in [6.07, 6.45) is 1.44. The number of halogens is 1. The van der Waals surface area contributed by atoms with Gasteiger partial charge in [0, 0.05) is 25.0 Å². The van der Waals surface area contributed by atoms with E-state index >= 15 is 0 Å². The lowest BCUT2D eigenvalue weighted by atomic mass is 9.91. The molecule has 1 N–H and O–H groups in total. The van der Waals surface area contributed by atoms with Gasteiger partial charge in [0.2, 0.25) is 5.91 Å². The molecule has 0 radical (unpaired) electrons. The Morgan fingerprint density at radius 2 is 1.82 bits per heavy atom. The third kappa shape index (κ3) is 6.32. The van der Waals surface area contributed by atoms with Gasteiger partial charge in [-0.05, 0) is 30.9 Å². The molecular formula is C21H29FN2O4. The zero-order valence-corrected chi connectivity index (χ0v) is 16.8. The molecule has 0 atom stereocenters. The van der Waals surface area contributed by atoms with Crippen LogP contribution in [-0.4, -0.2) is 48.9 Å². The minimum atomic E-state index is -0.436. The molecular weight excluding hydrogens is 363 g/mol. The molecule has 1 aliphatic rings. The van der Waals surface area contributed by atoms with E-state index in [2.05, 4.69) is 5.32 Å². The zero-order chi connectivity index (χ0) is 20.7. The molecule has 0 aliphatic carbocycles. The van der Waals surface area contributed by atoms with Gasteiger partial charge >= 0.3 is 5.97 Å². The van der Waals surface area contributed by atoms with Crippen molar-refractivity contribution < 1.29 is 23.5 Å². The van der Waals surface area contributed by atoms with E-state index in [1.807, 2.05) is 20.8 Å². The maximum atomic E-state index is 13.5. The smallest absolute Gasteiger partial charge is 0.309 e. The number of esters is 1. The summed E-state index contributed by atoms with van der Waals surface area (Å²) in [6.45, 7) is 6.58. The van der Waals surface area contributed by atoms with E-state index in [0.29, 0.717) is 37.9 Å². The Morgan fingerprint density at radius 1 is 1.18 bits per heavy atom. The Balaban J connectivity index is 1.66. The number of likely N-dealkylation sites (tertiary alicyclic amines) is 1. The Morgan fingerprint density at radius 3 is 2.43 bits per heavy atom. The number of hydrogen-bond donors (Lipinski definition) is 1. The fraction of sp³-hybridized carbons (Fsp3) is 0.571. The number of carbonyl (C=O) groups is 3. The number of nitrogens with zero attached hydrogens (tertiary/aromatic N) is 1. The molecule has 1 aromatic carbocycles. The molecule has 1 fully saturated rings. The Labute approximate surface area is 165 Å². The molecule has 1 saturated heterocycles. The molecule has 1 aliphatic heterocycles. The summed E-state index contributed by atoms with van der Waals surface area (Å²) >= 11 is 0. The van der Waals surface area contributed by atoms with Crippen LogP contribution in [0.1, 0.15) is 39.2 Å². The lowest BCUT2D eigenvalue weighted by Crippen LogP contribution is -2.45. The summed E-state index contributed by atoms with van der Waals surface area (Å²) in [6, 6.07) is 6.39. The number of ether oxygens (including phenoxy) is 1. The number of benzene rings is 1. The maximum absolute atomic E-state index is 13.5.